The number of amides is 2. The molecule has 4 bridgehead atoms. The summed E-state index contributed by atoms with van der Waals surface area (Å²) >= 11 is 0. The Kier molecular flexibility index (Phi) is 4.25. The highest BCUT2D eigenvalue weighted by Gasteiger charge is 2.56. The lowest BCUT2D eigenvalue weighted by Gasteiger charge is -2.56. The van der Waals surface area contributed by atoms with E-state index in [-0.39, 0.29) is 23.0 Å². The molecule has 1 aromatic carbocycles. The molecule has 0 unspecified atom stereocenters. The van der Waals surface area contributed by atoms with Crippen molar-refractivity contribution in [3.05, 3.63) is 29.6 Å². The summed E-state index contributed by atoms with van der Waals surface area (Å²) in [4.78, 5) is 28.5. The summed E-state index contributed by atoms with van der Waals surface area (Å²) in [5.41, 5.74) is 1.11. The van der Waals surface area contributed by atoms with Gasteiger partial charge in [-0.2, -0.15) is 0 Å². The second-order valence-electron chi connectivity index (χ2n) is 9.80. The van der Waals surface area contributed by atoms with Gasteiger partial charge in [0, 0.05) is 12.2 Å². The maximum absolute atomic E-state index is 13.7. The highest BCUT2D eigenvalue weighted by molar-refractivity contribution is 5.98. The fourth-order valence-electron chi connectivity index (χ4n) is 6.90. The van der Waals surface area contributed by atoms with Gasteiger partial charge in [-0.3, -0.25) is 9.59 Å². The molecule has 0 spiro atoms. The number of nitrogens with one attached hydrogen (secondary N) is 1. The fourth-order valence-corrected chi connectivity index (χ4v) is 6.90. The molecule has 0 radical (unpaired) electrons. The van der Waals surface area contributed by atoms with Crippen LogP contribution in [0.5, 0.6) is 0 Å². The Morgan fingerprint density at radius 1 is 1.11 bits per heavy atom. The zero-order chi connectivity index (χ0) is 19.5. The van der Waals surface area contributed by atoms with Crippen LogP contribution in [0.2, 0.25) is 0 Å². The third kappa shape index (κ3) is 2.94. The Morgan fingerprint density at radius 3 is 2.39 bits per heavy atom. The van der Waals surface area contributed by atoms with Gasteiger partial charge in [-0.05, 0) is 93.7 Å². The number of carbonyl (C=O) groups is 2. The van der Waals surface area contributed by atoms with Gasteiger partial charge in [-0.25, -0.2) is 4.39 Å². The minimum atomic E-state index is -0.428. The van der Waals surface area contributed by atoms with Crippen LogP contribution >= 0.6 is 0 Å². The molecule has 5 aliphatic rings. The van der Waals surface area contributed by atoms with Crippen LogP contribution in [-0.2, 0) is 9.59 Å². The van der Waals surface area contributed by atoms with Crippen molar-refractivity contribution < 1.29 is 14.0 Å². The monoisotopic (exact) mass is 384 g/mol. The van der Waals surface area contributed by atoms with Crippen molar-refractivity contribution in [2.75, 3.05) is 11.9 Å². The van der Waals surface area contributed by atoms with Crippen molar-refractivity contribution in [3.8, 4) is 0 Å². The predicted octanol–water partition coefficient (Wildman–Crippen LogP) is 4.28. The topological polar surface area (TPSA) is 49.4 Å². The first-order chi connectivity index (χ1) is 13.4. The quantitative estimate of drug-likeness (QED) is 0.846. The number of carbonyl (C=O) groups excluding carboxylic acids is 2. The van der Waals surface area contributed by atoms with Crippen molar-refractivity contribution in [1.82, 2.24) is 4.90 Å². The van der Waals surface area contributed by atoms with Gasteiger partial charge < -0.3 is 10.2 Å². The van der Waals surface area contributed by atoms with Gasteiger partial charge in [0.05, 0.1) is 5.41 Å². The molecular formula is C23H29FN2O2. The summed E-state index contributed by atoms with van der Waals surface area (Å²) in [5, 5.41) is 2.88. The normalized spacial score (nSPS) is 36.0. The highest BCUT2D eigenvalue weighted by Crippen LogP contribution is 2.60. The zero-order valence-corrected chi connectivity index (χ0v) is 16.5. The van der Waals surface area contributed by atoms with Crippen LogP contribution in [0.15, 0.2) is 18.2 Å². The first-order valence-corrected chi connectivity index (χ1v) is 10.8. The number of aryl methyl sites for hydroxylation is 1. The van der Waals surface area contributed by atoms with E-state index in [0.717, 1.165) is 31.2 Å². The summed E-state index contributed by atoms with van der Waals surface area (Å²) in [5.74, 6) is 1.80. The van der Waals surface area contributed by atoms with E-state index < -0.39 is 6.04 Å². The first-order valence-electron chi connectivity index (χ1n) is 10.8. The molecule has 6 rings (SSSR count). The second-order valence-corrected chi connectivity index (χ2v) is 9.80. The van der Waals surface area contributed by atoms with Crippen LogP contribution in [0.4, 0.5) is 10.1 Å². The van der Waals surface area contributed by atoms with Gasteiger partial charge in [0.15, 0.2) is 0 Å². The van der Waals surface area contributed by atoms with Crippen LogP contribution in [0, 0.1) is 35.9 Å². The van der Waals surface area contributed by atoms with Crippen molar-refractivity contribution in [2.24, 2.45) is 23.2 Å². The van der Waals surface area contributed by atoms with Gasteiger partial charge in [0.2, 0.25) is 11.8 Å². The maximum atomic E-state index is 13.7. The van der Waals surface area contributed by atoms with Crippen LogP contribution in [0.3, 0.4) is 0 Å². The Morgan fingerprint density at radius 2 is 1.75 bits per heavy atom. The lowest BCUT2D eigenvalue weighted by atomic mass is 9.49. The van der Waals surface area contributed by atoms with Crippen LogP contribution in [0.1, 0.15) is 56.9 Å². The second kappa shape index (κ2) is 6.57. The van der Waals surface area contributed by atoms with Crippen LogP contribution in [-0.4, -0.2) is 29.3 Å². The van der Waals surface area contributed by atoms with Gasteiger partial charge >= 0.3 is 0 Å². The minimum absolute atomic E-state index is 0.177. The third-order valence-corrected chi connectivity index (χ3v) is 7.77. The van der Waals surface area contributed by atoms with Crippen molar-refractivity contribution in [3.63, 3.8) is 0 Å². The van der Waals surface area contributed by atoms with E-state index in [9.17, 15) is 14.0 Å². The largest absolute Gasteiger partial charge is 0.330 e. The Balaban J connectivity index is 1.34. The fraction of sp³-hybridized carbons (Fsp3) is 0.652. The van der Waals surface area contributed by atoms with Crippen molar-refractivity contribution in [1.29, 1.82) is 0 Å². The van der Waals surface area contributed by atoms with E-state index in [1.54, 1.807) is 6.07 Å². The number of likely N-dealkylation sites (tertiary alicyclic amines) is 1. The molecule has 150 valence electrons. The molecule has 28 heavy (non-hydrogen) atoms. The van der Waals surface area contributed by atoms with Crippen LogP contribution in [0.25, 0.3) is 0 Å². The predicted molar refractivity (Wildman–Crippen MR) is 105 cm³/mol. The number of hydrogen-bond acceptors (Lipinski definition) is 2. The molecule has 1 N–H and O–H groups in total. The molecule has 5 fully saturated rings. The van der Waals surface area contributed by atoms with Gasteiger partial charge in [-0.15, -0.1) is 0 Å². The van der Waals surface area contributed by atoms with Crippen molar-refractivity contribution in [2.45, 2.75) is 64.3 Å². The smallest absolute Gasteiger partial charge is 0.247 e. The lowest BCUT2D eigenvalue weighted by molar-refractivity contribution is -0.160. The van der Waals surface area contributed by atoms with E-state index in [2.05, 4.69) is 5.32 Å². The number of benzene rings is 1. The van der Waals surface area contributed by atoms with Gasteiger partial charge in [0.25, 0.3) is 0 Å². The zero-order valence-electron chi connectivity index (χ0n) is 16.5. The molecular weight excluding hydrogens is 355 g/mol. The maximum Gasteiger partial charge on any atom is 0.247 e. The average Bonchev–Trinajstić information content (AvgIpc) is 3.12. The molecule has 2 amide bonds. The number of anilines is 1. The average molecular weight is 384 g/mol. The summed E-state index contributed by atoms with van der Waals surface area (Å²) in [6, 6.07) is 3.98. The summed E-state index contributed by atoms with van der Waals surface area (Å²) in [6.45, 7) is 2.52. The third-order valence-electron chi connectivity index (χ3n) is 7.77. The lowest BCUT2D eigenvalue weighted by Crippen LogP contribution is -2.56. The molecule has 0 aromatic heterocycles. The molecule has 4 saturated carbocycles. The summed E-state index contributed by atoms with van der Waals surface area (Å²) < 4.78 is 13.6. The Bertz CT molecular complexity index is 786. The standard InChI is InChI=1S/C23H29FN2O2/c1-14-4-5-18(24)10-19(14)25-21(27)20-3-2-6-26(20)22(28)23-11-15-7-16(12-23)9-17(8-15)13-23/h4-5,10,15-17,20H,2-3,6-9,11-13H2,1H3,(H,25,27)/t15?,16?,17?,20-,23?/m0/s1. The van der Waals surface area contributed by atoms with E-state index in [4.69, 9.17) is 0 Å². The molecule has 1 saturated heterocycles. The number of halogens is 1. The number of nitrogens with zero attached hydrogens (tertiary/aromatic N) is 1. The van der Waals surface area contributed by atoms with Gasteiger partial charge in [0.1, 0.15) is 11.9 Å². The highest BCUT2D eigenvalue weighted by atomic mass is 19.1. The van der Waals surface area contributed by atoms with Crippen LogP contribution < -0.4 is 5.32 Å². The van der Waals surface area contributed by atoms with E-state index >= 15 is 0 Å². The number of rotatable bonds is 3. The Hall–Kier alpha value is -1.91. The summed E-state index contributed by atoms with van der Waals surface area (Å²) in [6.07, 6.45) is 8.51. The van der Waals surface area contributed by atoms with Crippen molar-refractivity contribution >= 4 is 17.5 Å². The molecule has 4 aliphatic carbocycles. The molecule has 1 aromatic rings. The number of hydrogen-bond donors (Lipinski definition) is 1. The first kappa shape index (κ1) is 18.1. The minimum Gasteiger partial charge on any atom is -0.330 e. The SMILES string of the molecule is Cc1ccc(F)cc1NC(=O)[C@@H]1CCCN1C(=O)C12CC3CC(CC(C3)C1)C2. The molecule has 4 nitrogen and oxygen atoms in total. The Labute approximate surface area is 165 Å². The summed E-state index contributed by atoms with van der Waals surface area (Å²) in [7, 11) is 0. The molecule has 5 heteroatoms. The molecule has 1 heterocycles. The van der Waals surface area contributed by atoms with E-state index in [1.165, 1.54) is 31.4 Å². The van der Waals surface area contributed by atoms with Gasteiger partial charge in [-0.1, -0.05) is 6.07 Å². The van der Waals surface area contributed by atoms with E-state index in [0.29, 0.717) is 36.4 Å². The molecule has 1 aliphatic heterocycles. The molecule has 1 atom stereocenters. The van der Waals surface area contributed by atoms with E-state index in [1.807, 2.05) is 11.8 Å².